The summed E-state index contributed by atoms with van der Waals surface area (Å²) < 4.78 is 1.35. The lowest BCUT2D eigenvalue weighted by Crippen LogP contribution is -2.11. The predicted octanol–water partition coefficient (Wildman–Crippen LogP) is 2.45. The molecule has 2 rings (SSSR count). The van der Waals surface area contributed by atoms with Gasteiger partial charge in [-0.2, -0.15) is 0 Å². The molecule has 0 saturated heterocycles. The molecule has 0 bridgehead atoms. The first kappa shape index (κ1) is 12.5. The SMILES string of the molecule is Cc1ccc(C(C)(C)C)cc1-c1cn(N)c(N)n1. The van der Waals surface area contributed by atoms with Crippen molar-refractivity contribution in [1.29, 1.82) is 0 Å². The Kier molecular flexibility index (Phi) is 2.81. The van der Waals surface area contributed by atoms with E-state index in [4.69, 9.17) is 11.6 Å². The molecule has 0 atom stereocenters. The molecule has 0 fully saturated rings. The minimum atomic E-state index is 0.110. The number of nitrogen functional groups attached to an aromatic ring is 2. The Labute approximate surface area is 108 Å². The second kappa shape index (κ2) is 4.05. The first-order chi connectivity index (χ1) is 8.29. The third-order valence-electron chi connectivity index (χ3n) is 3.14. The van der Waals surface area contributed by atoms with Crippen LogP contribution in [0, 0.1) is 6.92 Å². The van der Waals surface area contributed by atoms with E-state index in [-0.39, 0.29) is 5.41 Å². The highest BCUT2D eigenvalue weighted by Crippen LogP contribution is 2.29. The molecule has 0 aliphatic carbocycles. The number of hydrogen-bond acceptors (Lipinski definition) is 3. The Morgan fingerprint density at radius 1 is 1.22 bits per heavy atom. The molecule has 1 heterocycles. The van der Waals surface area contributed by atoms with E-state index in [9.17, 15) is 0 Å². The number of nitrogens with zero attached hydrogens (tertiary/aromatic N) is 2. The van der Waals surface area contributed by atoms with Gasteiger partial charge in [0.25, 0.3) is 0 Å². The summed E-state index contributed by atoms with van der Waals surface area (Å²) in [5, 5.41) is 0. The van der Waals surface area contributed by atoms with Crippen molar-refractivity contribution in [3.8, 4) is 11.3 Å². The van der Waals surface area contributed by atoms with Crippen molar-refractivity contribution in [2.24, 2.45) is 0 Å². The standard InChI is InChI=1S/C14H20N4/c1-9-5-6-10(14(2,3)4)7-11(9)12-8-18(16)13(15)17-12/h5-8H,16H2,1-4H3,(H2,15,17). The van der Waals surface area contributed by atoms with Gasteiger partial charge in [0.05, 0.1) is 11.9 Å². The van der Waals surface area contributed by atoms with Gasteiger partial charge in [-0.3, -0.25) is 0 Å². The Balaban J connectivity index is 2.56. The molecule has 0 saturated carbocycles. The molecule has 0 unspecified atom stereocenters. The van der Waals surface area contributed by atoms with Crippen LogP contribution in [0.25, 0.3) is 11.3 Å². The number of imidazole rings is 1. The normalized spacial score (nSPS) is 11.8. The lowest BCUT2D eigenvalue weighted by Gasteiger charge is -2.20. The number of nitrogens with two attached hydrogens (primary N) is 2. The average molecular weight is 244 g/mol. The first-order valence-corrected chi connectivity index (χ1v) is 6.00. The van der Waals surface area contributed by atoms with E-state index in [1.165, 1.54) is 15.8 Å². The molecule has 1 aromatic heterocycles. The minimum absolute atomic E-state index is 0.110. The summed E-state index contributed by atoms with van der Waals surface area (Å²) >= 11 is 0. The van der Waals surface area contributed by atoms with Gasteiger partial charge >= 0.3 is 0 Å². The van der Waals surface area contributed by atoms with Crippen molar-refractivity contribution >= 4 is 5.95 Å². The van der Waals surface area contributed by atoms with Gasteiger partial charge in [0.15, 0.2) is 0 Å². The van der Waals surface area contributed by atoms with Crippen molar-refractivity contribution in [3.63, 3.8) is 0 Å². The Bertz CT molecular complexity index is 556. The van der Waals surface area contributed by atoms with Crippen LogP contribution >= 0.6 is 0 Å². The molecule has 96 valence electrons. The van der Waals surface area contributed by atoms with Gasteiger partial charge < -0.3 is 11.6 Å². The Hall–Kier alpha value is -1.97. The maximum Gasteiger partial charge on any atom is 0.219 e. The van der Waals surface area contributed by atoms with Gasteiger partial charge in [0, 0.05) is 5.56 Å². The van der Waals surface area contributed by atoms with Crippen LogP contribution in [-0.2, 0) is 5.41 Å². The molecule has 0 spiro atoms. The van der Waals surface area contributed by atoms with Gasteiger partial charge in [-0.05, 0) is 29.5 Å². The van der Waals surface area contributed by atoms with Gasteiger partial charge in [-0.15, -0.1) is 0 Å². The fourth-order valence-electron chi connectivity index (χ4n) is 1.90. The van der Waals surface area contributed by atoms with Crippen LogP contribution in [0.1, 0.15) is 31.9 Å². The second-order valence-electron chi connectivity index (χ2n) is 5.67. The summed E-state index contributed by atoms with van der Waals surface area (Å²) in [6, 6.07) is 6.43. The molecule has 0 amide bonds. The quantitative estimate of drug-likeness (QED) is 0.757. The van der Waals surface area contributed by atoms with Crippen molar-refractivity contribution in [3.05, 3.63) is 35.5 Å². The van der Waals surface area contributed by atoms with E-state index < -0.39 is 0 Å². The monoisotopic (exact) mass is 244 g/mol. The van der Waals surface area contributed by atoms with Crippen LogP contribution in [0.15, 0.2) is 24.4 Å². The zero-order valence-electron chi connectivity index (χ0n) is 11.4. The van der Waals surface area contributed by atoms with Crippen LogP contribution in [0.4, 0.5) is 5.95 Å². The summed E-state index contributed by atoms with van der Waals surface area (Å²) in [7, 11) is 0. The molecule has 4 nitrogen and oxygen atoms in total. The van der Waals surface area contributed by atoms with Gasteiger partial charge in [0.1, 0.15) is 0 Å². The topological polar surface area (TPSA) is 69.9 Å². The lowest BCUT2D eigenvalue weighted by molar-refractivity contribution is 0.590. The van der Waals surface area contributed by atoms with Crippen molar-refractivity contribution < 1.29 is 0 Å². The van der Waals surface area contributed by atoms with E-state index in [2.05, 4.69) is 50.9 Å². The zero-order valence-corrected chi connectivity index (χ0v) is 11.4. The molecule has 0 aliphatic rings. The van der Waals surface area contributed by atoms with Crippen molar-refractivity contribution in [2.45, 2.75) is 33.1 Å². The number of hydrogen-bond donors (Lipinski definition) is 2. The van der Waals surface area contributed by atoms with Crippen LogP contribution < -0.4 is 11.6 Å². The number of aromatic nitrogens is 2. The minimum Gasteiger partial charge on any atom is -0.368 e. The smallest absolute Gasteiger partial charge is 0.219 e. The molecule has 4 heteroatoms. The Morgan fingerprint density at radius 2 is 1.89 bits per heavy atom. The molecular formula is C14H20N4. The molecular weight excluding hydrogens is 224 g/mol. The van der Waals surface area contributed by atoms with E-state index >= 15 is 0 Å². The summed E-state index contributed by atoms with van der Waals surface area (Å²) in [4.78, 5) is 4.28. The van der Waals surface area contributed by atoms with E-state index in [0.29, 0.717) is 5.95 Å². The lowest BCUT2D eigenvalue weighted by atomic mass is 9.85. The highest BCUT2D eigenvalue weighted by Gasteiger charge is 2.16. The number of rotatable bonds is 1. The van der Waals surface area contributed by atoms with Gasteiger partial charge in [-0.25, -0.2) is 9.66 Å². The largest absolute Gasteiger partial charge is 0.368 e. The first-order valence-electron chi connectivity index (χ1n) is 6.00. The number of benzene rings is 1. The van der Waals surface area contributed by atoms with E-state index in [1.807, 2.05) is 0 Å². The second-order valence-corrected chi connectivity index (χ2v) is 5.67. The van der Waals surface area contributed by atoms with E-state index in [1.54, 1.807) is 6.20 Å². The average Bonchev–Trinajstić information content (AvgIpc) is 2.58. The maximum absolute atomic E-state index is 5.68. The van der Waals surface area contributed by atoms with Crippen molar-refractivity contribution in [1.82, 2.24) is 9.66 Å². The third kappa shape index (κ3) is 2.18. The van der Waals surface area contributed by atoms with E-state index in [0.717, 1.165) is 11.3 Å². The fraction of sp³-hybridized carbons (Fsp3) is 0.357. The molecule has 0 radical (unpaired) electrons. The summed E-state index contributed by atoms with van der Waals surface area (Å²) in [5.74, 6) is 6.01. The predicted molar refractivity (Wildman–Crippen MR) is 75.7 cm³/mol. The highest BCUT2D eigenvalue weighted by molar-refractivity contribution is 5.65. The van der Waals surface area contributed by atoms with Crippen LogP contribution in [0.3, 0.4) is 0 Å². The van der Waals surface area contributed by atoms with Crippen molar-refractivity contribution in [2.75, 3.05) is 11.6 Å². The summed E-state index contributed by atoms with van der Waals surface area (Å²) in [6.45, 7) is 8.64. The number of anilines is 1. The molecule has 18 heavy (non-hydrogen) atoms. The van der Waals surface area contributed by atoms with Crippen LogP contribution in [0.2, 0.25) is 0 Å². The zero-order chi connectivity index (χ0) is 13.5. The third-order valence-corrected chi connectivity index (χ3v) is 3.14. The summed E-state index contributed by atoms with van der Waals surface area (Å²) in [5.41, 5.74) is 10.1. The highest BCUT2D eigenvalue weighted by atomic mass is 15.3. The Morgan fingerprint density at radius 3 is 2.39 bits per heavy atom. The van der Waals surface area contributed by atoms with Crippen LogP contribution in [0.5, 0.6) is 0 Å². The molecule has 0 aliphatic heterocycles. The number of aryl methyl sites for hydroxylation is 1. The fourth-order valence-corrected chi connectivity index (χ4v) is 1.90. The van der Waals surface area contributed by atoms with Gasteiger partial charge in [0.2, 0.25) is 5.95 Å². The molecule has 4 N–H and O–H groups in total. The molecule has 1 aromatic carbocycles. The molecule has 2 aromatic rings. The van der Waals surface area contributed by atoms with Crippen LogP contribution in [-0.4, -0.2) is 9.66 Å². The maximum atomic E-state index is 5.68. The van der Waals surface area contributed by atoms with Gasteiger partial charge in [-0.1, -0.05) is 32.9 Å². The summed E-state index contributed by atoms with van der Waals surface area (Å²) in [6.07, 6.45) is 1.75.